The van der Waals surface area contributed by atoms with Crippen molar-refractivity contribution in [1.29, 1.82) is 0 Å². The summed E-state index contributed by atoms with van der Waals surface area (Å²) in [6.07, 6.45) is 6.32. The third-order valence-electron chi connectivity index (χ3n) is 4.87. The van der Waals surface area contributed by atoms with Gasteiger partial charge < -0.3 is 15.2 Å². The minimum Gasteiger partial charge on any atom is -0.443 e. The number of aliphatic hydroxyl groups excluding tert-OH is 1. The van der Waals surface area contributed by atoms with Crippen LogP contribution in [0.3, 0.4) is 0 Å². The summed E-state index contributed by atoms with van der Waals surface area (Å²) in [6.45, 7) is 3.54. The molecule has 4 nitrogen and oxygen atoms in total. The number of rotatable bonds is 6. The Bertz CT molecular complexity index is 494. The van der Waals surface area contributed by atoms with E-state index in [-0.39, 0.29) is 6.04 Å². The molecule has 2 aliphatic carbocycles. The maximum Gasteiger partial charge on any atom is 0.407 e. The fourth-order valence-electron chi connectivity index (χ4n) is 3.70. The maximum absolute atomic E-state index is 12.1. The van der Waals surface area contributed by atoms with Gasteiger partial charge in [-0.25, -0.2) is 4.79 Å². The minimum atomic E-state index is -0.931. The van der Waals surface area contributed by atoms with E-state index in [2.05, 4.69) is 27.9 Å². The number of halogens is 2. The van der Waals surface area contributed by atoms with Crippen molar-refractivity contribution >= 4 is 40.3 Å². The fourth-order valence-corrected chi connectivity index (χ4v) is 4.31. The van der Waals surface area contributed by atoms with Gasteiger partial charge in [0.2, 0.25) is 0 Å². The summed E-state index contributed by atoms with van der Waals surface area (Å²) >= 11 is 8.31. The predicted octanol–water partition coefficient (Wildman–Crippen LogP) is 4.15. The monoisotopic (exact) mass is 453 g/mol. The number of allylic oxidation sites excluding steroid dienone is 2. The molecule has 6 heteroatoms. The van der Waals surface area contributed by atoms with Crippen molar-refractivity contribution in [3.63, 3.8) is 0 Å². The molecule has 0 heterocycles. The summed E-state index contributed by atoms with van der Waals surface area (Å²) in [5.41, 5.74) is 0.601. The van der Waals surface area contributed by atoms with E-state index in [1.807, 2.05) is 13.0 Å². The Kier molecular flexibility index (Phi) is 7.22. The van der Waals surface area contributed by atoms with Gasteiger partial charge in [0.15, 0.2) is 0 Å². The predicted molar refractivity (Wildman–Crippen MR) is 101 cm³/mol. The number of aliphatic hydroxyl groups is 1. The van der Waals surface area contributed by atoms with Gasteiger partial charge in [0.05, 0.1) is 0 Å². The first kappa shape index (κ1) is 19.1. The Morgan fingerprint density at radius 1 is 1.48 bits per heavy atom. The Hall–Kier alpha value is -0.270. The van der Waals surface area contributed by atoms with Crippen molar-refractivity contribution in [2.75, 3.05) is 4.43 Å². The molecule has 2 fully saturated rings. The summed E-state index contributed by atoms with van der Waals surface area (Å²) in [5, 5.41) is 14.0. The normalized spacial score (nSPS) is 30.2. The summed E-state index contributed by atoms with van der Waals surface area (Å²) in [7, 11) is 0. The first-order valence-corrected chi connectivity index (χ1v) is 10.1. The summed E-state index contributed by atoms with van der Waals surface area (Å²) in [5.74, 6) is 1.36. The third kappa shape index (κ3) is 4.86. The molecule has 0 aromatic rings. The second-order valence-electron chi connectivity index (χ2n) is 6.47. The highest BCUT2D eigenvalue weighted by Gasteiger charge is 2.40. The topological polar surface area (TPSA) is 58.6 Å². The molecule has 0 aromatic carbocycles. The van der Waals surface area contributed by atoms with Crippen LogP contribution in [0.1, 0.15) is 39.5 Å². The minimum absolute atomic E-state index is 0.231. The van der Waals surface area contributed by atoms with Crippen molar-refractivity contribution in [1.82, 2.24) is 5.32 Å². The van der Waals surface area contributed by atoms with Crippen LogP contribution in [0.5, 0.6) is 0 Å². The molecule has 2 aliphatic rings. The lowest BCUT2D eigenvalue weighted by atomic mass is 9.96. The third-order valence-corrected chi connectivity index (χ3v) is 6.44. The van der Waals surface area contributed by atoms with Crippen molar-refractivity contribution in [2.24, 2.45) is 11.8 Å². The van der Waals surface area contributed by atoms with Crippen LogP contribution in [0.25, 0.3) is 0 Å². The Balaban J connectivity index is 1.89. The van der Waals surface area contributed by atoms with E-state index >= 15 is 0 Å². The van der Waals surface area contributed by atoms with Gasteiger partial charge >= 0.3 is 6.09 Å². The van der Waals surface area contributed by atoms with Crippen molar-refractivity contribution in [3.8, 4) is 0 Å². The molecule has 2 rings (SSSR count). The molecule has 23 heavy (non-hydrogen) atoms. The number of nitrogens with one attached hydrogen (secondary N) is 1. The highest BCUT2D eigenvalue weighted by atomic mass is 127. The van der Waals surface area contributed by atoms with Crippen molar-refractivity contribution in [3.05, 3.63) is 22.8 Å². The van der Waals surface area contributed by atoms with Gasteiger partial charge in [-0.15, -0.1) is 0 Å². The summed E-state index contributed by atoms with van der Waals surface area (Å²) in [4.78, 5) is 12.1. The zero-order valence-corrected chi connectivity index (χ0v) is 16.5. The van der Waals surface area contributed by atoms with Gasteiger partial charge in [-0.3, -0.25) is 0 Å². The van der Waals surface area contributed by atoms with Crippen LogP contribution in [0, 0.1) is 11.8 Å². The number of alkyl carbamates (subject to hydrolysis) is 1. The zero-order chi connectivity index (χ0) is 17.0. The second kappa shape index (κ2) is 8.72. The Morgan fingerprint density at radius 3 is 2.74 bits per heavy atom. The number of alkyl halides is 1. The van der Waals surface area contributed by atoms with Gasteiger partial charge in [0.25, 0.3) is 0 Å². The largest absolute Gasteiger partial charge is 0.443 e. The fraction of sp³-hybridized carbons (Fsp3) is 0.706. The number of fused-ring (bicyclic) bond motifs is 2. The molecule has 5 atom stereocenters. The molecule has 5 unspecified atom stereocenters. The first-order valence-electron chi connectivity index (χ1n) is 8.18. The molecule has 0 spiro atoms. The van der Waals surface area contributed by atoms with E-state index in [9.17, 15) is 9.90 Å². The SMILES string of the molecule is C/C=C\C(=C(\Cl)CI)C(O)C(C)OC(=O)NC1CC2CCC1C2. The lowest BCUT2D eigenvalue weighted by molar-refractivity contribution is 0.0296. The van der Waals surface area contributed by atoms with E-state index in [1.165, 1.54) is 19.3 Å². The first-order chi connectivity index (χ1) is 11.0. The van der Waals surface area contributed by atoms with Crippen LogP contribution < -0.4 is 5.32 Å². The van der Waals surface area contributed by atoms with Crippen LogP contribution in [0.15, 0.2) is 22.8 Å². The summed E-state index contributed by atoms with van der Waals surface area (Å²) in [6, 6.07) is 0.231. The Morgan fingerprint density at radius 2 is 2.22 bits per heavy atom. The highest BCUT2D eigenvalue weighted by Crippen LogP contribution is 2.44. The van der Waals surface area contributed by atoms with Gasteiger partial charge in [0, 0.05) is 15.5 Å². The number of ether oxygens (including phenoxy) is 1. The van der Waals surface area contributed by atoms with E-state index in [4.69, 9.17) is 16.3 Å². The van der Waals surface area contributed by atoms with E-state index < -0.39 is 18.3 Å². The molecule has 0 saturated heterocycles. The van der Waals surface area contributed by atoms with Crippen molar-refractivity contribution < 1.29 is 14.6 Å². The standard InChI is InChI=1S/C17H25ClINO3/c1-3-4-13(14(18)9-19)16(21)10(2)23-17(22)20-15-8-11-5-6-12(15)7-11/h3-4,10-12,15-16,21H,5-9H2,1-2H3,(H,20,22)/b4-3-,14-13-. The number of amides is 1. The molecule has 0 radical (unpaired) electrons. The zero-order valence-electron chi connectivity index (χ0n) is 13.6. The number of hydrogen-bond donors (Lipinski definition) is 2. The van der Waals surface area contributed by atoms with Gasteiger partial charge in [-0.05, 0) is 50.5 Å². The Labute approximate surface area is 156 Å². The summed E-state index contributed by atoms with van der Waals surface area (Å²) < 4.78 is 5.97. The quantitative estimate of drug-likeness (QED) is 0.361. The van der Waals surface area contributed by atoms with Crippen LogP contribution in [-0.4, -0.2) is 33.9 Å². The molecule has 130 valence electrons. The molecule has 2 saturated carbocycles. The second-order valence-corrected chi connectivity index (χ2v) is 7.69. The van der Waals surface area contributed by atoms with Crippen molar-refractivity contribution in [2.45, 2.75) is 57.8 Å². The average Bonchev–Trinajstić information content (AvgIpc) is 3.13. The van der Waals surface area contributed by atoms with Crippen LogP contribution in [0.4, 0.5) is 4.79 Å². The van der Waals surface area contributed by atoms with Gasteiger partial charge in [-0.1, -0.05) is 52.8 Å². The van der Waals surface area contributed by atoms with E-state index in [1.54, 1.807) is 13.0 Å². The smallest absolute Gasteiger partial charge is 0.407 e. The molecule has 1 amide bonds. The molecule has 0 aromatic heterocycles. The number of carbonyl (C=O) groups is 1. The van der Waals surface area contributed by atoms with Gasteiger partial charge in [-0.2, -0.15) is 0 Å². The molecule has 2 bridgehead atoms. The van der Waals surface area contributed by atoms with Crippen LogP contribution in [-0.2, 0) is 4.74 Å². The molecular formula is C17H25ClINO3. The van der Waals surface area contributed by atoms with Crippen LogP contribution >= 0.6 is 34.2 Å². The number of hydrogen-bond acceptors (Lipinski definition) is 3. The maximum atomic E-state index is 12.1. The van der Waals surface area contributed by atoms with Crippen LogP contribution in [0.2, 0.25) is 0 Å². The van der Waals surface area contributed by atoms with Gasteiger partial charge in [0.1, 0.15) is 12.2 Å². The molecular weight excluding hydrogens is 429 g/mol. The lowest BCUT2D eigenvalue weighted by Crippen LogP contribution is -2.42. The average molecular weight is 454 g/mol. The molecule has 0 aliphatic heterocycles. The van der Waals surface area contributed by atoms with E-state index in [0.717, 1.165) is 12.3 Å². The number of carbonyl (C=O) groups excluding carboxylic acids is 1. The molecule has 2 N–H and O–H groups in total. The highest BCUT2D eigenvalue weighted by molar-refractivity contribution is 14.1. The lowest BCUT2D eigenvalue weighted by Gasteiger charge is -2.25. The van der Waals surface area contributed by atoms with E-state index in [0.29, 0.717) is 21.0 Å².